The third kappa shape index (κ3) is 1.72. The van der Waals surface area contributed by atoms with Crippen LogP contribution in [-0.4, -0.2) is 6.61 Å². The second-order valence-electron chi connectivity index (χ2n) is 1.76. The molecule has 9 heavy (non-hydrogen) atoms. The first kappa shape index (κ1) is 6.62. The van der Waals surface area contributed by atoms with Crippen molar-refractivity contribution < 1.29 is 4.74 Å². The lowest BCUT2D eigenvalue weighted by atomic mass is 10.5. The minimum absolute atomic E-state index is 0.729. The van der Waals surface area contributed by atoms with Crippen LogP contribution in [-0.2, 0) is 0 Å². The summed E-state index contributed by atoms with van der Waals surface area (Å²) in [6, 6.07) is 1.99. The third-order valence-electron chi connectivity index (χ3n) is 0.947. The average molecular weight is 141 g/mol. The van der Waals surface area contributed by atoms with Gasteiger partial charge in [-0.15, -0.1) is 11.3 Å². The lowest BCUT2D eigenvalue weighted by Gasteiger charge is -1.94. The predicted octanol–water partition coefficient (Wildman–Crippen LogP) is 2.26. The van der Waals surface area contributed by atoms with E-state index in [1.54, 1.807) is 11.3 Å². The summed E-state index contributed by atoms with van der Waals surface area (Å²) in [4.78, 5) is 1.25. The Hall–Kier alpha value is -0.500. The van der Waals surface area contributed by atoms with Crippen LogP contribution in [0.15, 0.2) is 6.07 Å². The Balaban J connectivity index is 2.61. The minimum atomic E-state index is 0.729. The lowest BCUT2D eigenvalue weighted by molar-refractivity contribution is 0.341. The van der Waals surface area contributed by atoms with E-state index in [4.69, 9.17) is 4.74 Å². The number of rotatable bonds is 2. The topological polar surface area (TPSA) is 9.23 Å². The van der Waals surface area contributed by atoms with Crippen LogP contribution in [0, 0.1) is 12.3 Å². The Morgan fingerprint density at radius 2 is 2.56 bits per heavy atom. The molecule has 1 heterocycles. The molecule has 0 spiro atoms. The van der Waals surface area contributed by atoms with Crippen molar-refractivity contribution in [2.45, 2.75) is 13.8 Å². The number of aryl methyl sites for hydroxylation is 1. The highest BCUT2D eigenvalue weighted by atomic mass is 32.1. The summed E-state index contributed by atoms with van der Waals surface area (Å²) in [5.41, 5.74) is 0. The molecule has 0 unspecified atom stereocenters. The van der Waals surface area contributed by atoms with E-state index in [1.807, 2.05) is 19.9 Å². The van der Waals surface area contributed by atoms with E-state index in [1.165, 1.54) is 4.88 Å². The van der Waals surface area contributed by atoms with Crippen LogP contribution in [0.1, 0.15) is 11.8 Å². The van der Waals surface area contributed by atoms with Gasteiger partial charge in [0.1, 0.15) is 5.75 Å². The van der Waals surface area contributed by atoms with Crippen LogP contribution in [0.4, 0.5) is 0 Å². The van der Waals surface area contributed by atoms with E-state index in [0.29, 0.717) is 0 Å². The molecule has 0 aromatic carbocycles. The van der Waals surface area contributed by atoms with Gasteiger partial charge in [0.25, 0.3) is 0 Å². The molecule has 1 nitrogen and oxygen atoms in total. The van der Waals surface area contributed by atoms with Crippen LogP contribution in [0.2, 0.25) is 0 Å². The molecule has 1 radical (unpaired) electrons. The highest BCUT2D eigenvalue weighted by Gasteiger charge is 1.93. The summed E-state index contributed by atoms with van der Waals surface area (Å²) in [6.45, 7) is 4.75. The number of ether oxygens (including phenoxy) is 1. The maximum absolute atomic E-state index is 5.18. The fraction of sp³-hybridized carbons (Fsp3) is 0.429. The Morgan fingerprint density at radius 1 is 1.78 bits per heavy atom. The van der Waals surface area contributed by atoms with E-state index in [-0.39, 0.29) is 0 Å². The Kier molecular flexibility index (Phi) is 2.11. The van der Waals surface area contributed by atoms with Gasteiger partial charge in [-0.25, -0.2) is 0 Å². The second kappa shape index (κ2) is 2.87. The van der Waals surface area contributed by atoms with Gasteiger partial charge in [-0.2, -0.15) is 0 Å². The summed E-state index contributed by atoms with van der Waals surface area (Å²) in [7, 11) is 0. The summed E-state index contributed by atoms with van der Waals surface area (Å²) < 4.78 is 5.18. The fourth-order valence-electron chi connectivity index (χ4n) is 0.601. The molecule has 1 aromatic heterocycles. The lowest BCUT2D eigenvalue weighted by Crippen LogP contribution is -1.87. The van der Waals surface area contributed by atoms with E-state index >= 15 is 0 Å². The molecule has 0 N–H and O–H groups in total. The molecule has 0 aliphatic carbocycles. The van der Waals surface area contributed by atoms with Crippen molar-refractivity contribution in [3.05, 3.63) is 16.3 Å². The highest BCUT2D eigenvalue weighted by molar-refractivity contribution is 7.09. The molecule has 0 bridgehead atoms. The minimum Gasteiger partial charge on any atom is -0.492 e. The van der Waals surface area contributed by atoms with E-state index in [9.17, 15) is 0 Å². The van der Waals surface area contributed by atoms with Crippen molar-refractivity contribution >= 4 is 11.3 Å². The van der Waals surface area contributed by atoms with Crippen LogP contribution in [0.5, 0.6) is 5.75 Å². The van der Waals surface area contributed by atoms with E-state index in [0.717, 1.165) is 12.4 Å². The zero-order chi connectivity index (χ0) is 6.69. The number of hydrogen-bond acceptors (Lipinski definition) is 2. The molecule has 0 amide bonds. The molecule has 0 aliphatic rings. The van der Waals surface area contributed by atoms with Crippen LogP contribution in [0.3, 0.4) is 0 Å². The molecular formula is C7H9OS. The first-order valence-corrected chi connectivity index (χ1v) is 3.75. The summed E-state index contributed by atoms with van der Waals surface area (Å²) in [6.07, 6.45) is 0. The first-order valence-electron chi connectivity index (χ1n) is 2.94. The maximum Gasteiger partial charge on any atom is 0.139 e. The SMILES string of the molecule is CCOc1[c]sc(C)c1. The molecule has 0 saturated carbocycles. The first-order chi connectivity index (χ1) is 4.33. The molecule has 0 saturated heterocycles. The average Bonchev–Trinajstić information content (AvgIpc) is 2.17. The van der Waals surface area contributed by atoms with Crippen LogP contribution in [0.25, 0.3) is 0 Å². The molecule has 1 rings (SSSR count). The Bertz CT molecular complexity index is 181. The third-order valence-corrected chi connectivity index (χ3v) is 1.69. The summed E-state index contributed by atoms with van der Waals surface area (Å²) in [5.74, 6) is 0.875. The Labute approximate surface area is 59.3 Å². The van der Waals surface area contributed by atoms with Gasteiger partial charge in [0.05, 0.1) is 12.0 Å². The standard InChI is InChI=1S/C7H9OS/c1-3-8-7-4-6(2)9-5-7/h4H,3H2,1-2H3. The highest BCUT2D eigenvalue weighted by Crippen LogP contribution is 2.18. The van der Waals surface area contributed by atoms with E-state index < -0.39 is 0 Å². The van der Waals surface area contributed by atoms with Crippen molar-refractivity contribution in [3.8, 4) is 5.75 Å². The fourth-order valence-corrected chi connectivity index (χ4v) is 1.15. The Morgan fingerprint density at radius 3 is 3.00 bits per heavy atom. The van der Waals surface area contributed by atoms with Crippen molar-refractivity contribution in [2.75, 3.05) is 6.61 Å². The smallest absolute Gasteiger partial charge is 0.139 e. The van der Waals surface area contributed by atoms with Gasteiger partial charge in [0.15, 0.2) is 0 Å². The molecule has 0 atom stereocenters. The van der Waals surface area contributed by atoms with Crippen molar-refractivity contribution in [2.24, 2.45) is 0 Å². The molecule has 0 aliphatic heterocycles. The van der Waals surface area contributed by atoms with Gasteiger partial charge in [0, 0.05) is 4.88 Å². The van der Waals surface area contributed by atoms with Crippen LogP contribution < -0.4 is 4.74 Å². The molecule has 2 heteroatoms. The summed E-state index contributed by atoms with van der Waals surface area (Å²) >= 11 is 1.59. The monoisotopic (exact) mass is 141 g/mol. The zero-order valence-corrected chi connectivity index (χ0v) is 6.42. The molecule has 0 fully saturated rings. The molecule has 1 aromatic rings. The summed E-state index contributed by atoms with van der Waals surface area (Å²) in [5, 5.41) is 3.03. The van der Waals surface area contributed by atoms with Gasteiger partial charge >= 0.3 is 0 Å². The quantitative estimate of drug-likeness (QED) is 0.613. The zero-order valence-electron chi connectivity index (χ0n) is 5.60. The largest absolute Gasteiger partial charge is 0.492 e. The number of thiophene rings is 1. The maximum atomic E-state index is 5.18. The van der Waals surface area contributed by atoms with Gasteiger partial charge in [-0.05, 0) is 19.9 Å². The molecule has 49 valence electrons. The number of hydrogen-bond donors (Lipinski definition) is 0. The van der Waals surface area contributed by atoms with E-state index in [2.05, 4.69) is 5.38 Å². The van der Waals surface area contributed by atoms with Gasteiger partial charge < -0.3 is 4.74 Å². The van der Waals surface area contributed by atoms with Gasteiger partial charge in [0.2, 0.25) is 0 Å². The second-order valence-corrected chi connectivity index (χ2v) is 2.81. The van der Waals surface area contributed by atoms with Gasteiger partial charge in [-0.3, -0.25) is 0 Å². The molecular weight excluding hydrogens is 132 g/mol. The van der Waals surface area contributed by atoms with Crippen molar-refractivity contribution in [3.63, 3.8) is 0 Å². The normalized spacial score (nSPS) is 9.56. The van der Waals surface area contributed by atoms with Crippen LogP contribution >= 0.6 is 11.3 Å². The predicted molar refractivity (Wildman–Crippen MR) is 39.1 cm³/mol. The van der Waals surface area contributed by atoms with Crippen molar-refractivity contribution in [1.82, 2.24) is 0 Å². The van der Waals surface area contributed by atoms with Gasteiger partial charge in [-0.1, -0.05) is 0 Å². The van der Waals surface area contributed by atoms with Crippen molar-refractivity contribution in [1.29, 1.82) is 0 Å².